The lowest BCUT2D eigenvalue weighted by Gasteiger charge is -2.16. The molecule has 0 unspecified atom stereocenters. The fourth-order valence-corrected chi connectivity index (χ4v) is 3.13. The van der Waals surface area contributed by atoms with E-state index in [-0.39, 0.29) is 12.1 Å². The first-order valence-corrected chi connectivity index (χ1v) is 8.87. The highest BCUT2D eigenvalue weighted by Crippen LogP contribution is 2.25. The number of nitrogens with zero attached hydrogens (tertiary/aromatic N) is 3. The molecule has 2 aromatic rings. The predicted molar refractivity (Wildman–Crippen MR) is 95.6 cm³/mol. The number of nitrogens with one attached hydrogen (secondary N) is 2. The van der Waals surface area contributed by atoms with Gasteiger partial charge in [-0.05, 0) is 51.7 Å². The second kappa shape index (κ2) is 8.00. The minimum absolute atomic E-state index is 0.236. The fraction of sp³-hybridized carbons (Fsp3) is 0.500. The zero-order chi connectivity index (χ0) is 17.6. The van der Waals surface area contributed by atoms with Crippen molar-refractivity contribution in [3.05, 3.63) is 36.4 Å². The maximum atomic E-state index is 12.3. The van der Waals surface area contributed by atoms with Crippen molar-refractivity contribution in [2.45, 2.75) is 58.2 Å². The monoisotopic (exact) mass is 343 g/mol. The van der Waals surface area contributed by atoms with E-state index in [9.17, 15) is 4.79 Å². The van der Waals surface area contributed by atoms with E-state index in [1.165, 1.54) is 19.2 Å². The molecular weight excluding hydrogens is 318 g/mol. The van der Waals surface area contributed by atoms with E-state index in [2.05, 4.69) is 20.7 Å². The third kappa shape index (κ3) is 4.49. The highest BCUT2D eigenvalue weighted by molar-refractivity contribution is 5.89. The number of carbonyl (C=O) groups is 1. The van der Waals surface area contributed by atoms with Gasteiger partial charge in [-0.1, -0.05) is 6.07 Å². The van der Waals surface area contributed by atoms with Crippen molar-refractivity contribution >= 4 is 11.7 Å². The molecule has 3 rings (SSSR count). The molecule has 2 amide bonds. The third-order valence-electron chi connectivity index (χ3n) is 4.38. The van der Waals surface area contributed by atoms with Gasteiger partial charge in [-0.15, -0.1) is 0 Å². The smallest absolute Gasteiger partial charge is 0.319 e. The van der Waals surface area contributed by atoms with Crippen LogP contribution in [0.3, 0.4) is 0 Å². The van der Waals surface area contributed by atoms with Crippen molar-refractivity contribution in [2.75, 3.05) is 5.32 Å². The normalized spacial score (nSPS) is 15.8. The van der Waals surface area contributed by atoms with Crippen LogP contribution >= 0.6 is 0 Å². The summed E-state index contributed by atoms with van der Waals surface area (Å²) in [4.78, 5) is 16.5. The first-order chi connectivity index (χ1) is 12.2. The molecule has 134 valence electrons. The number of aromatic nitrogens is 3. The van der Waals surface area contributed by atoms with Crippen LogP contribution in [-0.2, 0) is 6.54 Å². The molecule has 0 aliphatic heterocycles. The summed E-state index contributed by atoms with van der Waals surface area (Å²) in [7, 11) is 0. The number of carbonyl (C=O) groups excluding carboxylic acids is 1. The molecule has 1 heterocycles. The van der Waals surface area contributed by atoms with E-state index in [4.69, 9.17) is 4.74 Å². The Kier molecular flexibility index (Phi) is 5.53. The van der Waals surface area contributed by atoms with Gasteiger partial charge in [0.1, 0.15) is 17.9 Å². The number of urea groups is 1. The van der Waals surface area contributed by atoms with Crippen LogP contribution in [0, 0.1) is 0 Å². The Balaban J connectivity index is 1.57. The molecule has 1 aliphatic rings. The van der Waals surface area contributed by atoms with Crippen molar-refractivity contribution in [1.82, 2.24) is 20.1 Å². The van der Waals surface area contributed by atoms with Crippen LogP contribution in [-0.4, -0.2) is 26.9 Å². The highest BCUT2D eigenvalue weighted by atomic mass is 16.5. The molecule has 1 aliphatic carbocycles. The minimum atomic E-state index is -0.281. The number of aryl methyl sites for hydroxylation is 1. The SMILES string of the molecule is CCn1ncnc1[C@@H](C)NC(=O)Nc1cccc(OC2CCCC2)c1. The molecule has 25 heavy (non-hydrogen) atoms. The number of rotatable bonds is 6. The van der Waals surface area contributed by atoms with Gasteiger partial charge in [-0.2, -0.15) is 5.10 Å². The summed E-state index contributed by atoms with van der Waals surface area (Å²) in [6.07, 6.45) is 6.46. The number of hydrogen-bond donors (Lipinski definition) is 2. The molecule has 0 bridgehead atoms. The summed E-state index contributed by atoms with van der Waals surface area (Å²) < 4.78 is 7.74. The number of hydrogen-bond acceptors (Lipinski definition) is 4. The predicted octanol–water partition coefficient (Wildman–Crippen LogP) is 3.50. The first-order valence-electron chi connectivity index (χ1n) is 8.87. The van der Waals surface area contributed by atoms with Crippen LogP contribution in [0.25, 0.3) is 0 Å². The standard InChI is InChI=1S/C18H25N5O2/c1-3-23-17(19-12-20-23)13(2)21-18(24)22-14-7-6-10-16(11-14)25-15-8-4-5-9-15/h6-7,10-13,15H,3-5,8-9H2,1-2H3,(H2,21,22,24)/t13-/m1/s1. The van der Waals surface area contributed by atoms with Gasteiger partial charge in [-0.25, -0.2) is 14.5 Å². The summed E-state index contributed by atoms with van der Waals surface area (Å²) in [5.74, 6) is 1.53. The molecule has 0 saturated heterocycles. The molecule has 1 fully saturated rings. The first kappa shape index (κ1) is 17.3. The highest BCUT2D eigenvalue weighted by Gasteiger charge is 2.17. The van der Waals surface area contributed by atoms with Crippen molar-refractivity contribution in [2.24, 2.45) is 0 Å². The lowest BCUT2D eigenvalue weighted by molar-refractivity contribution is 0.210. The largest absolute Gasteiger partial charge is 0.490 e. The van der Waals surface area contributed by atoms with Gasteiger partial charge in [0.25, 0.3) is 0 Å². The molecule has 0 spiro atoms. The van der Waals surface area contributed by atoms with E-state index in [0.717, 1.165) is 24.4 Å². The zero-order valence-electron chi connectivity index (χ0n) is 14.7. The Morgan fingerprint density at radius 3 is 2.96 bits per heavy atom. The number of anilines is 1. The molecule has 7 nitrogen and oxygen atoms in total. The number of benzene rings is 1. The Labute approximate surface area is 147 Å². The topological polar surface area (TPSA) is 81.1 Å². The van der Waals surface area contributed by atoms with Gasteiger partial charge < -0.3 is 15.4 Å². The van der Waals surface area contributed by atoms with Gasteiger partial charge >= 0.3 is 6.03 Å². The molecule has 1 aromatic heterocycles. The average Bonchev–Trinajstić information content (AvgIpc) is 3.26. The fourth-order valence-electron chi connectivity index (χ4n) is 3.13. The van der Waals surface area contributed by atoms with Crippen LogP contribution in [0.4, 0.5) is 10.5 Å². The third-order valence-corrected chi connectivity index (χ3v) is 4.38. The van der Waals surface area contributed by atoms with Crippen LogP contribution in [0.2, 0.25) is 0 Å². The Hall–Kier alpha value is -2.57. The number of amides is 2. The summed E-state index contributed by atoms with van der Waals surface area (Å²) in [6.45, 7) is 4.58. The van der Waals surface area contributed by atoms with Gasteiger partial charge in [0.15, 0.2) is 0 Å². The number of ether oxygens (including phenoxy) is 1. The Bertz CT molecular complexity index is 709. The maximum Gasteiger partial charge on any atom is 0.319 e. The zero-order valence-corrected chi connectivity index (χ0v) is 14.7. The van der Waals surface area contributed by atoms with E-state index < -0.39 is 0 Å². The van der Waals surface area contributed by atoms with Crippen molar-refractivity contribution in [3.8, 4) is 5.75 Å². The van der Waals surface area contributed by atoms with Gasteiger partial charge in [-0.3, -0.25) is 0 Å². The maximum absolute atomic E-state index is 12.3. The molecule has 1 aromatic carbocycles. The lowest BCUT2D eigenvalue weighted by atomic mass is 10.2. The summed E-state index contributed by atoms with van der Waals surface area (Å²) in [5.41, 5.74) is 0.706. The molecule has 0 radical (unpaired) electrons. The Morgan fingerprint density at radius 2 is 2.20 bits per heavy atom. The molecular formula is C18H25N5O2. The van der Waals surface area contributed by atoms with Crippen molar-refractivity contribution < 1.29 is 9.53 Å². The van der Waals surface area contributed by atoms with E-state index in [1.807, 2.05) is 38.1 Å². The Morgan fingerprint density at radius 1 is 1.40 bits per heavy atom. The van der Waals surface area contributed by atoms with Crippen LogP contribution in [0.1, 0.15) is 51.4 Å². The van der Waals surface area contributed by atoms with Gasteiger partial charge in [0, 0.05) is 18.3 Å². The quantitative estimate of drug-likeness (QED) is 0.841. The summed E-state index contributed by atoms with van der Waals surface area (Å²) >= 11 is 0. The van der Waals surface area contributed by atoms with Crippen molar-refractivity contribution in [3.63, 3.8) is 0 Å². The minimum Gasteiger partial charge on any atom is -0.490 e. The summed E-state index contributed by atoms with van der Waals surface area (Å²) in [5, 5.41) is 9.86. The van der Waals surface area contributed by atoms with Crippen LogP contribution in [0.15, 0.2) is 30.6 Å². The van der Waals surface area contributed by atoms with Gasteiger partial charge in [0.2, 0.25) is 0 Å². The van der Waals surface area contributed by atoms with Crippen molar-refractivity contribution in [1.29, 1.82) is 0 Å². The molecule has 2 N–H and O–H groups in total. The molecule has 1 saturated carbocycles. The summed E-state index contributed by atoms with van der Waals surface area (Å²) in [6, 6.07) is 7.00. The average molecular weight is 343 g/mol. The van der Waals surface area contributed by atoms with E-state index >= 15 is 0 Å². The molecule has 1 atom stereocenters. The van der Waals surface area contributed by atoms with E-state index in [0.29, 0.717) is 18.3 Å². The van der Waals surface area contributed by atoms with E-state index in [1.54, 1.807) is 4.68 Å². The van der Waals surface area contributed by atoms with Crippen LogP contribution < -0.4 is 15.4 Å². The molecule has 7 heteroatoms. The second-order valence-corrected chi connectivity index (χ2v) is 6.31. The lowest BCUT2D eigenvalue weighted by Crippen LogP contribution is -2.32. The van der Waals surface area contributed by atoms with Crippen LogP contribution in [0.5, 0.6) is 5.75 Å². The van der Waals surface area contributed by atoms with Gasteiger partial charge in [0.05, 0.1) is 12.1 Å². The second-order valence-electron chi connectivity index (χ2n) is 6.31.